The SMILES string of the molecule is c1cc(-c2nc(C3CNC3)no2)ccn1. The zero-order chi connectivity index (χ0) is 10.1. The molecule has 1 N–H and O–H groups in total. The Kier molecular flexibility index (Phi) is 1.96. The van der Waals surface area contributed by atoms with Crippen molar-refractivity contribution >= 4 is 0 Å². The van der Waals surface area contributed by atoms with E-state index in [1.54, 1.807) is 12.4 Å². The summed E-state index contributed by atoms with van der Waals surface area (Å²) in [6.07, 6.45) is 3.42. The van der Waals surface area contributed by atoms with Crippen LogP contribution in [0.2, 0.25) is 0 Å². The molecular weight excluding hydrogens is 192 g/mol. The highest BCUT2D eigenvalue weighted by molar-refractivity contribution is 5.51. The number of aromatic nitrogens is 3. The van der Waals surface area contributed by atoms with Gasteiger partial charge in [-0.1, -0.05) is 5.16 Å². The summed E-state index contributed by atoms with van der Waals surface area (Å²) in [6, 6.07) is 3.71. The van der Waals surface area contributed by atoms with Gasteiger partial charge in [0.1, 0.15) is 0 Å². The first kappa shape index (κ1) is 8.55. The van der Waals surface area contributed by atoms with Gasteiger partial charge in [0.25, 0.3) is 5.89 Å². The molecule has 0 amide bonds. The van der Waals surface area contributed by atoms with Gasteiger partial charge in [0.15, 0.2) is 5.82 Å². The van der Waals surface area contributed by atoms with E-state index in [0.717, 1.165) is 24.5 Å². The summed E-state index contributed by atoms with van der Waals surface area (Å²) in [5.74, 6) is 1.77. The van der Waals surface area contributed by atoms with E-state index < -0.39 is 0 Å². The van der Waals surface area contributed by atoms with E-state index in [1.165, 1.54) is 0 Å². The first-order valence-electron chi connectivity index (χ1n) is 4.88. The summed E-state index contributed by atoms with van der Waals surface area (Å²) in [5, 5.41) is 7.15. The molecule has 3 rings (SSSR count). The summed E-state index contributed by atoms with van der Waals surface area (Å²) in [7, 11) is 0. The van der Waals surface area contributed by atoms with Gasteiger partial charge >= 0.3 is 0 Å². The Morgan fingerprint density at radius 2 is 2.07 bits per heavy atom. The second-order valence-electron chi connectivity index (χ2n) is 3.55. The molecule has 0 spiro atoms. The third-order valence-corrected chi connectivity index (χ3v) is 2.52. The molecule has 1 fully saturated rings. The third-order valence-electron chi connectivity index (χ3n) is 2.52. The molecule has 1 saturated heterocycles. The summed E-state index contributed by atoms with van der Waals surface area (Å²) in [5.41, 5.74) is 0.913. The smallest absolute Gasteiger partial charge is 0.258 e. The maximum absolute atomic E-state index is 5.19. The van der Waals surface area contributed by atoms with Crippen molar-refractivity contribution in [1.29, 1.82) is 0 Å². The van der Waals surface area contributed by atoms with Crippen LogP contribution in [-0.4, -0.2) is 28.2 Å². The topological polar surface area (TPSA) is 63.8 Å². The Labute approximate surface area is 86.5 Å². The highest BCUT2D eigenvalue weighted by Gasteiger charge is 2.24. The molecule has 0 unspecified atom stereocenters. The normalized spacial score (nSPS) is 16.3. The quantitative estimate of drug-likeness (QED) is 0.781. The van der Waals surface area contributed by atoms with Crippen LogP contribution in [0.3, 0.4) is 0 Å². The fourth-order valence-corrected chi connectivity index (χ4v) is 1.48. The van der Waals surface area contributed by atoms with Crippen LogP contribution in [0.1, 0.15) is 11.7 Å². The molecule has 0 saturated carbocycles. The van der Waals surface area contributed by atoms with Crippen molar-refractivity contribution in [3.8, 4) is 11.5 Å². The molecular formula is C10H10N4O. The maximum Gasteiger partial charge on any atom is 0.258 e. The number of hydrogen-bond donors (Lipinski definition) is 1. The lowest BCUT2D eigenvalue weighted by molar-refractivity contribution is 0.382. The highest BCUT2D eigenvalue weighted by atomic mass is 16.5. The van der Waals surface area contributed by atoms with Crippen LogP contribution in [0.4, 0.5) is 0 Å². The molecule has 0 aromatic carbocycles. The average molecular weight is 202 g/mol. The molecule has 0 aliphatic carbocycles. The van der Waals surface area contributed by atoms with Crippen molar-refractivity contribution in [3.05, 3.63) is 30.4 Å². The van der Waals surface area contributed by atoms with Crippen LogP contribution in [0.5, 0.6) is 0 Å². The van der Waals surface area contributed by atoms with Gasteiger partial charge in [-0.25, -0.2) is 0 Å². The van der Waals surface area contributed by atoms with Crippen molar-refractivity contribution in [2.75, 3.05) is 13.1 Å². The molecule has 5 heteroatoms. The van der Waals surface area contributed by atoms with E-state index >= 15 is 0 Å². The van der Waals surface area contributed by atoms with Gasteiger partial charge in [0.05, 0.1) is 0 Å². The van der Waals surface area contributed by atoms with Gasteiger partial charge < -0.3 is 9.84 Å². The Hall–Kier alpha value is -1.75. The molecule has 1 aliphatic heterocycles. The monoisotopic (exact) mass is 202 g/mol. The predicted molar refractivity (Wildman–Crippen MR) is 53.1 cm³/mol. The molecule has 2 aromatic rings. The van der Waals surface area contributed by atoms with Crippen molar-refractivity contribution in [3.63, 3.8) is 0 Å². The fourth-order valence-electron chi connectivity index (χ4n) is 1.48. The summed E-state index contributed by atoms with van der Waals surface area (Å²) < 4.78 is 5.19. The zero-order valence-corrected chi connectivity index (χ0v) is 8.05. The molecule has 76 valence electrons. The molecule has 1 aliphatic rings. The molecule has 0 atom stereocenters. The predicted octanol–water partition coefficient (Wildman–Crippen LogP) is 0.818. The average Bonchev–Trinajstić information content (AvgIpc) is 2.66. The minimum absolute atomic E-state index is 0.407. The van der Waals surface area contributed by atoms with E-state index in [2.05, 4.69) is 20.4 Å². The van der Waals surface area contributed by atoms with Gasteiger partial charge in [0.2, 0.25) is 0 Å². The number of nitrogens with one attached hydrogen (secondary N) is 1. The van der Waals surface area contributed by atoms with Crippen LogP contribution in [-0.2, 0) is 0 Å². The summed E-state index contributed by atoms with van der Waals surface area (Å²) in [4.78, 5) is 8.30. The van der Waals surface area contributed by atoms with E-state index in [0.29, 0.717) is 11.8 Å². The van der Waals surface area contributed by atoms with E-state index in [1.807, 2.05) is 12.1 Å². The minimum atomic E-state index is 0.407. The second kappa shape index (κ2) is 3.43. The largest absolute Gasteiger partial charge is 0.334 e. The van der Waals surface area contributed by atoms with Crippen molar-refractivity contribution in [2.45, 2.75) is 5.92 Å². The molecule has 0 radical (unpaired) electrons. The van der Waals surface area contributed by atoms with Gasteiger partial charge in [-0.2, -0.15) is 4.98 Å². The lowest BCUT2D eigenvalue weighted by Gasteiger charge is -2.23. The third kappa shape index (κ3) is 1.50. The van der Waals surface area contributed by atoms with Gasteiger partial charge in [0, 0.05) is 37.0 Å². The van der Waals surface area contributed by atoms with Gasteiger partial charge in [-0.3, -0.25) is 4.98 Å². The highest BCUT2D eigenvalue weighted by Crippen LogP contribution is 2.21. The Balaban J connectivity index is 1.90. The Bertz CT molecular complexity index is 449. The lowest BCUT2D eigenvalue weighted by Crippen LogP contribution is -2.40. The lowest BCUT2D eigenvalue weighted by atomic mass is 10.0. The molecule has 2 aromatic heterocycles. The molecule has 0 bridgehead atoms. The maximum atomic E-state index is 5.19. The molecule has 5 nitrogen and oxygen atoms in total. The van der Waals surface area contributed by atoms with Crippen LogP contribution in [0, 0.1) is 0 Å². The Morgan fingerprint density at radius 1 is 1.27 bits per heavy atom. The minimum Gasteiger partial charge on any atom is -0.334 e. The van der Waals surface area contributed by atoms with E-state index in [-0.39, 0.29) is 0 Å². The van der Waals surface area contributed by atoms with Crippen molar-refractivity contribution in [2.24, 2.45) is 0 Å². The van der Waals surface area contributed by atoms with E-state index in [4.69, 9.17) is 4.52 Å². The summed E-state index contributed by atoms with van der Waals surface area (Å²) >= 11 is 0. The van der Waals surface area contributed by atoms with Gasteiger partial charge in [-0.15, -0.1) is 0 Å². The van der Waals surface area contributed by atoms with Crippen LogP contribution >= 0.6 is 0 Å². The fraction of sp³-hybridized carbons (Fsp3) is 0.300. The number of rotatable bonds is 2. The first-order valence-corrected chi connectivity index (χ1v) is 4.88. The van der Waals surface area contributed by atoms with Crippen LogP contribution < -0.4 is 5.32 Å². The van der Waals surface area contributed by atoms with Gasteiger partial charge in [-0.05, 0) is 12.1 Å². The standard InChI is InChI=1S/C10H10N4O/c1-3-11-4-2-7(1)10-13-9(14-15-10)8-5-12-6-8/h1-4,8,12H,5-6H2. The Morgan fingerprint density at radius 3 is 2.73 bits per heavy atom. The summed E-state index contributed by atoms with van der Waals surface area (Å²) in [6.45, 7) is 1.88. The van der Waals surface area contributed by atoms with E-state index in [9.17, 15) is 0 Å². The number of nitrogens with zero attached hydrogens (tertiary/aromatic N) is 3. The molecule has 15 heavy (non-hydrogen) atoms. The number of hydrogen-bond acceptors (Lipinski definition) is 5. The zero-order valence-electron chi connectivity index (χ0n) is 8.05. The number of pyridine rings is 1. The van der Waals surface area contributed by atoms with Crippen LogP contribution in [0.25, 0.3) is 11.5 Å². The van der Waals surface area contributed by atoms with Crippen LogP contribution in [0.15, 0.2) is 29.0 Å². The second-order valence-corrected chi connectivity index (χ2v) is 3.55. The van der Waals surface area contributed by atoms with Crippen molar-refractivity contribution < 1.29 is 4.52 Å². The van der Waals surface area contributed by atoms with Crippen molar-refractivity contribution in [1.82, 2.24) is 20.4 Å². The molecule has 3 heterocycles. The first-order chi connectivity index (χ1) is 7.43.